The van der Waals surface area contributed by atoms with Crippen molar-refractivity contribution in [1.82, 2.24) is 21.3 Å². The van der Waals surface area contributed by atoms with Gasteiger partial charge in [-0.3, -0.25) is 19.2 Å². The SMILES string of the molecule is CC[C@H](C)[C@H](NC(=O)[C@@H](NC(=O)[C@H](CO)NC(=O)[C@@H](NC(=O)[C@@H]1CCC[NH2+]1)[C@@H](C)O)[C@@H](C)CC)C(=O)O. The van der Waals surface area contributed by atoms with Crippen molar-refractivity contribution in [2.45, 2.75) is 96.6 Å². The van der Waals surface area contributed by atoms with Gasteiger partial charge in [-0.25, -0.2) is 4.79 Å². The summed E-state index contributed by atoms with van der Waals surface area (Å²) in [5.74, 6) is -4.79. The van der Waals surface area contributed by atoms with Crippen LogP contribution in [0.25, 0.3) is 0 Å². The van der Waals surface area contributed by atoms with Crippen LogP contribution in [0.4, 0.5) is 0 Å². The lowest BCUT2D eigenvalue weighted by Gasteiger charge is -2.29. The molecule has 0 unspecified atom stereocenters. The number of carbonyl (C=O) groups is 5. The first-order chi connectivity index (χ1) is 17.4. The molecule has 4 amide bonds. The Morgan fingerprint density at radius 2 is 1.38 bits per heavy atom. The molecule has 0 aliphatic carbocycles. The lowest BCUT2D eigenvalue weighted by molar-refractivity contribution is -0.657. The molecular weight excluding hydrogens is 486 g/mol. The summed E-state index contributed by atoms with van der Waals surface area (Å²) in [5, 5.41) is 41.0. The third kappa shape index (κ3) is 9.56. The van der Waals surface area contributed by atoms with Crippen molar-refractivity contribution in [3.05, 3.63) is 0 Å². The molecule has 1 aliphatic heterocycles. The van der Waals surface area contributed by atoms with E-state index in [4.69, 9.17) is 0 Å². The number of hydrogen-bond donors (Lipinski definition) is 8. The van der Waals surface area contributed by atoms with E-state index in [2.05, 4.69) is 21.3 Å². The number of hydrogen-bond acceptors (Lipinski definition) is 7. The number of rotatable bonds is 15. The van der Waals surface area contributed by atoms with Crippen LogP contribution in [0.1, 0.15) is 60.3 Å². The number of aliphatic carboxylic acids is 1. The van der Waals surface area contributed by atoms with Gasteiger partial charge in [0.15, 0.2) is 6.04 Å². The van der Waals surface area contributed by atoms with Crippen LogP contribution in [0.2, 0.25) is 0 Å². The van der Waals surface area contributed by atoms with Crippen LogP contribution in [0.5, 0.6) is 0 Å². The van der Waals surface area contributed by atoms with E-state index in [1.54, 1.807) is 27.7 Å². The van der Waals surface area contributed by atoms with Crippen LogP contribution in [0.15, 0.2) is 0 Å². The summed E-state index contributed by atoms with van der Waals surface area (Å²) in [6, 6.07) is -5.48. The van der Waals surface area contributed by atoms with E-state index in [1.165, 1.54) is 6.92 Å². The van der Waals surface area contributed by atoms with Gasteiger partial charge in [-0.05, 0) is 18.8 Å². The maximum atomic E-state index is 13.0. The first-order valence-electron chi connectivity index (χ1n) is 12.9. The molecule has 0 bridgehead atoms. The second kappa shape index (κ2) is 15.5. The minimum Gasteiger partial charge on any atom is -0.480 e. The van der Waals surface area contributed by atoms with Gasteiger partial charge in [0.05, 0.1) is 19.3 Å². The van der Waals surface area contributed by atoms with Gasteiger partial charge < -0.3 is 41.9 Å². The molecule has 13 heteroatoms. The van der Waals surface area contributed by atoms with Gasteiger partial charge in [0, 0.05) is 12.8 Å². The van der Waals surface area contributed by atoms with Crippen molar-refractivity contribution < 1.29 is 44.6 Å². The van der Waals surface area contributed by atoms with E-state index in [0.717, 1.165) is 13.0 Å². The highest BCUT2D eigenvalue weighted by molar-refractivity contribution is 5.95. The Balaban J connectivity index is 2.94. The van der Waals surface area contributed by atoms with Crippen molar-refractivity contribution >= 4 is 29.6 Å². The summed E-state index contributed by atoms with van der Waals surface area (Å²) in [6.45, 7) is 8.27. The standard InChI is InChI=1S/C24H43N5O8/c1-6-12(3)17(22(34)28-18(24(36)37)13(4)7-2)27-21(33)16(11-30)26-23(35)19(14(5)31)29-20(32)15-9-8-10-25-15/h12-19,25,30-31H,6-11H2,1-5H3,(H,26,35)(H,27,33)(H,28,34)(H,29,32)(H,36,37)/p+1/t12-,13-,14+,15-,16-,17-,18-,19-/m0/s1. The number of aliphatic hydroxyl groups is 2. The fourth-order valence-corrected chi connectivity index (χ4v) is 4.02. The topological polar surface area (TPSA) is 211 Å². The van der Waals surface area contributed by atoms with Crippen LogP contribution in [-0.2, 0) is 24.0 Å². The second-order valence-corrected chi connectivity index (χ2v) is 9.83. The van der Waals surface area contributed by atoms with Gasteiger partial charge in [-0.15, -0.1) is 0 Å². The molecule has 1 fully saturated rings. The number of aliphatic hydroxyl groups excluding tert-OH is 2. The van der Waals surface area contributed by atoms with Crippen molar-refractivity contribution in [2.75, 3.05) is 13.2 Å². The Morgan fingerprint density at radius 3 is 1.84 bits per heavy atom. The maximum Gasteiger partial charge on any atom is 0.326 e. The molecule has 212 valence electrons. The van der Waals surface area contributed by atoms with E-state index in [9.17, 15) is 39.3 Å². The van der Waals surface area contributed by atoms with Crippen molar-refractivity contribution in [2.24, 2.45) is 11.8 Å². The zero-order chi connectivity index (χ0) is 28.3. The fraction of sp³-hybridized carbons (Fsp3) is 0.792. The highest BCUT2D eigenvalue weighted by Gasteiger charge is 2.36. The van der Waals surface area contributed by atoms with Crippen LogP contribution in [0, 0.1) is 11.8 Å². The molecule has 0 aromatic heterocycles. The van der Waals surface area contributed by atoms with E-state index >= 15 is 0 Å². The van der Waals surface area contributed by atoms with Gasteiger partial charge in [0.25, 0.3) is 5.91 Å². The Hall–Kier alpha value is -2.77. The lowest BCUT2D eigenvalue weighted by atomic mass is 9.95. The van der Waals surface area contributed by atoms with Gasteiger partial charge in [-0.2, -0.15) is 0 Å². The van der Waals surface area contributed by atoms with Crippen molar-refractivity contribution in [3.63, 3.8) is 0 Å². The summed E-state index contributed by atoms with van der Waals surface area (Å²) in [4.78, 5) is 62.8. The number of nitrogens with one attached hydrogen (secondary N) is 4. The molecule has 1 aliphatic rings. The fourth-order valence-electron chi connectivity index (χ4n) is 4.02. The van der Waals surface area contributed by atoms with Crippen LogP contribution in [-0.4, -0.2) is 94.4 Å². The third-order valence-corrected chi connectivity index (χ3v) is 6.96. The highest BCUT2D eigenvalue weighted by atomic mass is 16.4. The summed E-state index contributed by atoms with van der Waals surface area (Å²) >= 11 is 0. The van der Waals surface area contributed by atoms with E-state index in [1.807, 2.05) is 5.32 Å². The van der Waals surface area contributed by atoms with Crippen molar-refractivity contribution in [1.29, 1.82) is 0 Å². The zero-order valence-electron chi connectivity index (χ0n) is 22.3. The quantitative estimate of drug-likeness (QED) is 0.111. The second-order valence-electron chi connectivity index (χ2n) is 9.83. The van der Waals surface area contributed by atoms with Gasteiger partial charge in [-0.1, -0.05) is 40.5 Å². The number of carbonyl (C=O) groups excluding carboxylic acids is 4. The Morgan fingerprint density at radius 1 is 0.838 bits per heavy atom. The lowest BCUT2D eigenvalue weighted by Crippen LogP contribution is -2.89. The minimum atomic E-state index is -1.48. The van der Waals surface area contributed by atoms with E-state index in [0.29, 0.717) is 19.3 Å². The van der Waals surface area contributed by atoms with Crippen molar-refractivity contribution in [3.8, 4) is 0 Å². The Kier molecular flexibility index (Phi) is 13.5. The van der Waals surface area contributed by atoms with Crippen LogP contribution < -0.4 is 26.6 Å². The first kappa shape index (κ1) is 32.3. The number of carboxylic acids is 1. The third-order valence-electron chi connectivity index (χ3n) is 6.96. The molecule has 9 N–H and O–H groups in total. The predicted octanol–water partition coefficient (Wildman–Crippen LogP) is -2.80. The highest BCUT2D eigenvalue weighted by Crippen LogP contribution is 2.12. The summed E-state index contributed by atoms with van der Waals surface area (Å²) in [7, 11) is 0. The van der Waals surface area contributed by atoms with Crippen LogP contribution in [0.3, 0.4) is 0 Å². The minimum absolute atomic E-state index is 0.353. The maximum absolute atomic E-state index is 13.0. The van der Waals surface area contributed by atoms with Crippen LogP contribution >= 0.6 is 0 Å². The summed E-state index contributed by atoms with van der Waals surface area (Å²) in [6.07, 6.45) is 1.20. The summed E-state index contributed by atoms with van der Waals surface area (Å²) in [5.41, 5.74) is 0. The van der Waals surface area contributed by atoms with Gasteiger partial charge >= 0.3 is 5.97 Å². The molecule has 37 heavy (non-hydrogen) atoms. The summed E-state index contributed by atoms with van der Waals surface area (Å²) < 4.78 is 0. The molecule has 0 aromatic carbocycles. The number of carboxylic acid groups (broad SMARTS) is 1. The average Bonchev–Trinajstić information content (AvgIpc) is 3.40. The molecule has 0 radical (unpaired) electrons. The molecule has 1 heterocycles. The average molecular weight is 531 g/mol. The van der Waals surface area contributed by atoms with E-state index in [-0.39, 0.29) is 12.0 Å². The monoisotopic (exact) mass is 530 g/mol. The predicted molar refractivity (Wildman–Crippen MR) is 133 cm³/mol. The number of amides is 4. The Labute approximate surface area is 217 Å². The first-order valence-corrected chi connectivity index (χ1v) is 12.9. The zero-order valence-corrected chi connectivity index (χ0v) is 22.3. The molecule has 0 aromatic rings. The normalized spacial score (nSPS) is 20.9. The number of nitrogens with two attached hydrogens (primary N) is 1. The molecule has 1 rings (SSSR count). The van der Waals surface area contributed by atoms with Gasteiger partial charge in [0.2, 0.25) is 17.7 Å². The molecule has 0 spiro atoms. The van der Waals surface area contributed by atoms with E-state index < -0.39 is 72.4 Å². The Bertz CT molecular complexity index is 802. The van der Waals surface area contributed by atoms with Gasteiger partial charge in [0.1, 0.15) is 24.2 Å². The smallest absolute Gasteiger partial charge is 0.326 e. The molecular formula is C24H44N5O8+. The molecule has 1 saturated heterocycles. The molecule has 8 atom stereocenters. The molecule has 13 nitrogen and oxygen atoms in total. The number of quaternary nitrogens is 1. The molecule has 0 saturated carbocycles. The largest absolute Gasteiger partial charge is 0.480 e.